The van der Waals surface area contributed by atoms with Gasteiger partial charge in [-0.3, -0.25) is 19.4 Å². The minimum atomic E-state index is -1.04. The monoisotopic (exact) mass is 487 g/mol. The van der Waals surface area contributed by atoms with E-state index in [2.05, 4.69) is 20.6 Å². The van der Waals surface area contributed by atoms with Crippen LogP contribution in [0.15, 0.2) is 18.6 Å². The van der Waals surface area contributed by atoms with Gasteiger partial charge in [-0.15, -0.1) is 0 Å². The van der Waals surface area contributed by atoms with Crippen LogP contribution in [0.1, 0.15) is 76.7 Å². The maximum absolute atomic E-state index is 13.6. The Hall–Kier alpha value is -3.04. The van der Waals surface area contributed by atoms with Gasteiger partial charge in [-0.2, -0.15) is 0 Å². The number of carbonyl (C=O) groups is 4. The second kappa shape index (κ2) is 11.1. The molecule has 10 nitrogen and oxygen atoms in total. The maximum Gasteiger partial charge on any atom is 0.326 e. The summed E-state index contributed by atoms with van der Waals surface area (Å²) >= 11 is 0. The second-order valence-electron chi connectivity index (χ2n) is 10.9. The molecular formula is C25H37N5O5. The first kappa shape index (κ1) is 26.6. The molecular weight excluding hydrogens is 450 g/mol. The fourth-order valence-corrected chi connectivity index (χ4v) is 5.07. The van der Waals surface area contributed by atoms with E-state index in [4.69, 9.17) is 0 Å². The molecule has 2 unspecified atom stereocenters. The topological polar surface area (TPSA) is 142 Å². The van der Waals surface area contributed by atoms with E-state index in [1.807, 2.05) is 27.7 Å². The van der Waals surface area contributed by atoms with Crippen molar-refractivity contribution in [2.24, 2.45) is 17.3 Å². The van der Waals surface area contributed by atoms with Gasteiger partial charge in [-0.25, -0.2) is 9.78 Å². The Bertz CT molecular complexity index is 926. The van der Waals surface area contributed by atoms with Gasteiger partial charge in [-0.1, -0.05) is 47.0 Å². The number of carboxylic acid groups (broad SMARTS) is 1. The van der Waals surface area contributed by atoms with Crippen molar-refractivity contribution in [1.29, 1.82) is 0 Å². The number of hydrogen-bond acceptors (Lipinski definition) is 6. The number of rotatable bonds is 7. The van der Waals surface area contributed by atoms with Crippen LogP contribution >= 0.6 is 0 Å². The molecule has 4 atom stereocenters. The van der Waals surface area contributed by atoms with Crippen molar-refractivity contribution in [3.05, 3.63) is 24.3 Å². The van der Waals surface area contributed by atoms with Crippen molar-refractivity contribution < 1.29 is 24.3 Å². The van der Waals surface area contributed by atoms with Crippen molar-refractivity contribution in [2.75, 3.05) is 6.54 Å². The van der Waals surface area contributed by atoms with Gasteiger partial charge in [0.05, 0.1) is 6.20 Å². The van der Waals surface area contributed by atoms with E-state index in [9.17, 15) is 24.3 Å². The van der Waals surface area contributed by atoms with E-state index in [1.54, 1.807) is 0 Å². The number of carboxylic acids is 1. The quantitative estimate of drug-likeness (QED) is 0.534. The molecule has 1 saturated carbocycles. The van der Waals surface area contributed by atoms with Gasteiger partial charge in [0, 0.05) is 18.9 Å². The first-order chi connectivity index (χ1) is 16.5. The lowest BCUT2D eigenvalue weighted by molar-refractivity contribution is -0.151. The second-order valence-corrected chi connectivity index (χ2v) is 10.9. The smallest absolute Gasteiger partial charge is 0.326 e. The molecule has 1 aromatic heterocycles. The fraction of sp³-hybridized carbons (Fsp3) is 0.680. The molecule has 3 rings (SSSR count). The molecule has 192 valence electrons. The minimum Gasteiger partial charge on any atom is -0.480 e. The van der Waals surface area contributed by atoms with Crippen LogP contribution in [-0.4, -0.2) is 68.3 Å². The maximum atomic E-state index is 13.6. The van der Waals surface area contributed by atoms with Crippen LogP contribution in [0.25, 0.3) is 0 Å². The van der Waals surface area contributed by atoms with Crippen molar-refractivity contribution >= 4 is 23.7 Å². The van der Waals surface area contributed by atoms with E-state index >= 15 is 0 Å². The van der Waals surface area contributed by atoms with Crippen molar-refractivity contribution in [3.63, 3.8) is 0 Å². The summed E-state index contributed by atoms with van der Waals surface area (Å²) in [5.41, 5.74) is -0.562. The number of nitrogens with one attached hydrogen (secondary N) is 2. The van der Waals surface area contributed by atoms with Crippen molar-refractivity contribution in [1.82, 2.24) is 25.5 Å². The van der Waals surface area contributed by atoms with Gasteiger partial charge in [0.25, 0.3) is 5.91 Å². The molecule has 0 aromatic carbocycles. The molecule has 1 aromatic rings. The first-order valence-electron chi connectivity index (χ1n) is 12.4. The van der Waals surface area contributed by atoms with Crippen LogP contribution < -0.4 is 10.6 Å². The van der Waals surface area contributed by atoms with Gasteiger partial charge < -0.3 is 20.6 Å². The molecule has 3 N–H and O–H groups in total. The van der Waals surface area contributed by atoms with Crippen molar-refractivity contribution in [3.8, 4) is 0 Å². The Morgan fingerprint density at radius 1 is 1.09 bits per heavy atom. The highest BCUT2D eigenvalue weighted by molar-refractivity contribution is 5.97. The highest BCUT2D eigenvalue weighted by Gasteiger charge is 2.45. The standard InChI is InChI=1S/C25H37N5O5/c1-15-12-18(24(34)35)30(14-15)23(33)20(25(2,3)4)29-22(32)19(16-8-6-5-7-9-16)28-21(31)17-13-26-10-11-27-17/h10-11,13,15-16,18-20H,5-9,12,14H2,1-4H3,(H,28,31)(H,29,32)(H,34,35)/t15-,18?,19?,20-/m1/s1. The number of hydrogen-bond donors (Lipinski definition) is 3. The van der Waals surface area contributed by atoms with Crippen molar-refractivity contribution in [2.45, 2.75) is 84.3 Å². The number of nitrogens with zero attached hydrogens (tertiary/aromatic N) is 3. The Balaban J connectivity index is 1.83. The van der Waals surface area contributed by atoms with Gasteiger partial charge in [0.2, 0.25) is 11.8 Å². The summed E-state index contributed by atoms with van der Waals surface area (Å²) in [4.78, 5) is 61.1. The molecule has 2 aliphatic rings. The van der Waals surface area contributed by atoms with E-state index < -0.39 is 47.2 Å². The highest BCUT2D eigenvalue weighted by atomic mass is 16.4. The number of carbonyl (C=O) groups excluding carboxylic acids is 3. The molecule has 2 fully saturated rings. The number of aromatic nitrogens is 2. The van der Waals surface area contributed by atoms with E-state index in [0.717, 1.165) is 32.1 Å². The molecule has 1 aliphatic heterocycles. The normalized spacial score (nSPS) is 22.8. The van der Waals surface area contributed by atoms with E-state index in [1.165, 1.54) is 23.5 Å². The zero-order valence-corrected chi connectivity index (χ0v) is 21.0. The first-order valence-corrected chi connectivity index (χ1v) is 12.4. The largest absolute Gasteiger partial charge is 0.480 e. The average Bonchev–Trinajstić information content (AvgIpc) is 3.22. The lowest BCUT2D eigenvalue weighted by Crippen LogP contribution is -2.61. The van der Waals surface area contributed by atoms with E-state index in [-0.39, 0.29) is 17.5 Å². The van der Waals surface area contributed by atoms with Crippen LogP contribution in [0.3, 0.4) is 0 Å². The molecule has 3 amide bonds. The number of aliphatic carboxylic acids is 1. The van der Waals surface area contributed by atoms with Crippen LogP contribution in [-0.2, 0) is 14.4 Å². The number of likely N-dealkylation sites (tertiary alicyclic amines) is 1. The molecule has 10 heteroatoms. The van der Waals surface area contributed by atoms with Gasteiger partial charge in [0.15, 0.2) is 0 Å². The lowest BCUT2D eigenvalue weighted by atomic mass is 9.82. The van der Waals surface area contributed by atoms with Gasteiger partial charge >= 0.3 is 5.97 Å². The fourth-order valence-electron chi connectivity index (χ4n) is 5.07. The molecule has 2 heterocycles. The molecule has 1 saturated heterocycles. The predicted molar refractivity (Wildman–Crippen MR) is 128 cm³/mol. The highest BCUT2D eigenvalue weighted by Crippen LogP contribution is 2.30. The molecule has 35 heavy (non-hydrogen) atoms. The van der Waals surface area contributed by atoms with E-state index in [0.29, 0.717) is 13.0 Å². The molecule has 0 bridgehead atoms. The summed E-state index contributed by atoms with van der Waals surface area (Å²) in [6.07, 6.45) is 9.18. The Kier molecular flexibility index (Phi) is 8.45. The third-order valence-electron chi connectivity index (χ3n) is 6.96. The lowest BCUT2D eigenvalue weighted by Gasteiger charge is -2.37. The average molecular weight is 488 g/mol. The summed E-state index contributed by atoms with van der Waals surface area (Å²) < 4.78 is 0. The third-order valence-corrected chi connectivity index (χ3v) is 6.96. The molecule has 0 radical (unpaired) electrons. The SMILES string of the molecule is C[C@@H]1CC(C(=O)O)N(C(=O)[C@@H](NC(=O)C(NC(=O)c2cnccn2)C2CCCCC2)C(C)(C)C)C1. The molecule has 0 spiro atoms. The Morgan fingerprint density at radius 2 is 1.77 bits per heavy atom. The van der Waals surface area contributed by atoms with Gasteiger partial charge in [0.1, 0.15) is 23.8 Å². The Morgan fingerprint density at radius 3 is 2.34 bits per heavy atom. The third kappa shape index (κ3) is 6.55. The summed E-state index contributed by atoms with van der Waals surface area (Å²) in [5.74, 6) is -2.41. The summed E-state index contributed by atoms with van der Waals surface area (Å²) in [7, 11) is 0. The van der Waals surface area contributed by atoms with Crippen LogP contribution in [0.5, 0.6) is 0 Å². The minimum absolute atomic E-state index is 0.0534. The van der Waals surface area contributed by atoms with Crippen LogP contribution in [0.2, 0.25) is 0 Å². The summed E-state index contributed by atoms with van der Waals surface area (Å²) in [6.45, 7) is 7.74. The van der Waals surface area contributed by atoms with Gasteiger partial charge in [-0.05, 0) is 36.5 Å². The zero-order chi connectivity index (χ0) is 25.8. The number of amides is 3. The predicted octanol–water partition coefficient (Wildman–Crippen LogP) is 2.01. The zero-order valence-electron chi connectivity index (χ0n) is 21.0. The Labute approximate surface area is 206 Å². The summed E-state index contributed by atoms with van der Waals surface area (Å²) in [6, 6.07) is -2.69. The summed E-state index contributed by atoms with van der Waals surface area (Å²) in [5, 5.41) is 15.4. The molecule has 1 aliphatic carbocycles. The van der Waals surface area contributed by atoms with Crippen LogP contribution in [0.4, 0.5) is 0 Å². The van der Waals surface area contributed by atoms with Crippen LogP contribution in [0, 0.1) is 17.3 Å².